The average Bonchev–Trinajstić information content (AvgIpc) is 2.50. The van der Waals surface area contributed by atoms with Crippen molar-refractivity contribution >= 4 is 0 Å². The van der Waals surface area contributed by atoms with Crippen LogP contribution in [0.25, 0.3) is 0 Å². The fraction of sp³-hybridized carbons (Fsp3) is 0.250. The number of nitrogens with one attached hydrogen (secondary N) is 1. The van der Waals surface area contributed by atoms with Gasteiger partial charge in [-0.1, -0.05) is 24.3 Å². The van der Waals surface area contributed by atoms with Gasteiger partial charge in [0, 0.05) is 5.56 Å². The van der Waals surface area contributed by atoms with Gasteiger partial charge < -0.3 is 9.47 Å². The summed E-state index contributed by atoms with van der Waals surface area (Å²) >= 11 is 0. The SMILES string of the molecule is COc1ccc(C(NN)c2cccc(OC)c2F)cc1C. The van der Waals surface area contributed by atoms with Crippen molar-refractivity contribution in [2.24, 2.45) is 5.84 Å². The van der Waals surface area contributed by atoms with E-state index < -0.39 is 11.9 Å². The molecule has 112 valence electrons. The Morgan fingerprint density at radius 3 is 2.38 bits per heavy atom. The Morgan fingerprint density at radius 2 is 1.81 bits per heavy atom. The Kier molecular flexibility index (Phi) is 4.77. The highest BCUT2D eigenvalue weighted by atomic mass is 19.1. The number of benzene rings is 2. The molecule has 0 fully saturated rings. The summed E-state index contributed by atoms with van der Waals surface area (Å²) in [6, 6.07) is 10.1. The lowest BCUT2D eigenvalue weighted by atomic mass is 9.97. The van der Waals surface area contributed by atoms with E-state index in [1.807, 2.05) is 25.1 Å². The average molecular weight is 290 g/mol. The quantitative estimate of drug-likeness (QED) is 0.656. The fourth-order valence-electron chi connectivity index (χ4n) is 2.36. The summed E-state index contributed by atoms with van der Waals surface area (Å²) in [6.07, 6.45) is 0. The largest absolute Gasteiger partial charge is 0.496 e. The summed E-state index contributed by atoms with van der Waals surface area (Å²) < 4.78 is 24.6. The van der Waals surface area contributed by atoms with Gasteiger partial charge in [-0.25, -0.2) is 9.82 Å². The topological polar surface area (TPSA) is 56.5 Å². The van der Waals surface area contributed by atoms with E-state index in [-0.39, 0.29) is 5.75 Å². The van der Waals surface area contributed by atoms with Crippen LogP contribution in [0.5, 0.6) is 11.5 Å². The van der Waals surface area contributed by atoms with Crippen LogP contribution < -0.4 is 20.7 Å². The zero-order valence-electron chi connectivity index (χ0n) is 12.3. The zero-order chi connectivity index (χ0) is 15.4. The first-order valence-electron chi connectivity index (χ1n) is 6.55. The Labute approximate surface area is 123 Å². The van der Waals surface area contributed by atoms with Gasteiger partial charge >= 0.3 is 0 Å². The normalized spacial score (nSPS) is 12.0. The van der Waals surface area contributed by atoms with Crippen molar-refractivity contribution in [3.8, 4) is 11.5 Å². The molecule has 2 rings (SSSR count). The van der Waals surface area contributed by atoms with Crippen molar-refractivity contribution < 1.29 is 13.9 Å². The van der Waals surface area contributed by atoms with Crippen molar-refractivity contribution in [3.05, 3.63) is 58.9 Å². The van der Waals surface area contributed by atoms with Gasteiger partial charge in [0.1, 0.15) is 5.75 Å². The van der Waals surface area contributed by atoms with Gasteiger partial charge in [-0.2, -0.15) is 0 Å². The van der Waals surface area contributed by atoms with Gasteiger partial charge in [-0.05, 0) is 30.2 Å². The lowest BCUT2D eigenvalue weighted by molar-refractivity contribution is 0.381. The fourth-order valence-corrected chi connectivity index (χ4v) is 2.36. The maximum atomic E-state index is 14.4. The Bertz CT molecular complexity index is 632. The summed E-state index contributed by atoms with van der Waals surface area (Å²) in [5.41, 5.74) is 4.89. The molecular formula is C16H19FN2O2. The van der Waals surface area contributed by atoms with Gasteiger partial charge in [0.05, 0.1) is 20.3 Å². The molecule has 0 aliphatic carbocycles. The molecular weight excluding hydrogens is 271 g/mol. The Balaban J connectivity index is 2.47. The van der Waals surface area contributed by atoms with E-state index in [0.29, 0.717) is 5.56 Å². The summed E-state index contributed by atoms with van der Waals surface area (Å²) in [5.74, 6) is 6.18. The first kappa shape index (κ1) is 15.3. The molecule has 0 amide bonds. The third-order valence-corrected chi connectivity index (χ3v) is 3.44. The van der Waals surface area contributed by atoms with Crippen LogP contribution in [0.2, 0.25) is 0 Å². The van der Waals surface area contributed by atoms with E-state index in [9.17, 15) is 4.39 Å². The number of hydrogen-bond donors (Lipinski definition) is 2. The number of nitrogens with two attached hydrogens (primary N) is 1. The number of ether oxygens (including phenoxy) is 2. The molecule has 0 aliphatic heterocycles. The molecule has 1 atom stereocenters. The summed E-state index contributed by atoms with van der Waals surface area (Å²) in [5, 5.41) is 0. The van der Waals surface area contributed by atoms with E-state index in [1.54, 1.807) is 25.3 Å². The molecule has 0 aromatic heterocycles. The van der Waals surface area contributed by atoms with Crippen LogP contribution in [-0.2, 0) is 0 Å². The van der Waals surface area contributed by atoms with Gasteiger partial charge in [0.2, 0.25) is 0 Å². The second kappa shape index (κ2) is 6.56. The minimum Gasteiger partial charge on any atom is -0.496 e. The van der Waals surface area contributed by atoms with E-state index in [2.05, 4.69) is 5.43 Å². The highest BCUT2D eigenvalue weighted by molar-refractivity contribution is 5.43. The third kappa shape index (κ3) is 2.99. The van der Waals surface area contributed by atoms with Gasteiger partial charge in [0.25, 0.3) is 0 Å². The molecule has 21 heavy (non-hydrogen) atoms. The molecule has 4 nitrogen and oxygen atoms in total. The highest BCUT2D eigenvalue weighted by Crippen LogP contribution is 2.30. The number of hydrogen-bond acceptors (Lipinski definition) is 4. The number of aryl methyl sites for hydroxylation is 1. The minimum absolute atomic E-state index is 0.193. The van der Waals surface area contributed by atoms with Crippen LogP contribution >= 0.6 is 0 Å². The molecule has 0 bridgehead atoms. The molecule has 1 unspecified atom stereocenters. The third-order valence-electron chi connectivity index (χ3n) is 3.44. The van der Waals surface area contributed by atoms with Crippen LogP contribution in [0.3, 0.4) is 0 Å². The van der Waals surface area contributed by atoms with E-state index in [4.69, 9.17) is 15.3 Å². The standard InChI is InChI=1S/C16H19FN2O2/c1-10-9-11(7-8-13(10)20-2)16(19-18)12-5-4-6-14(21-3)15(12)17/h4-9,16,19H,18H2,1-3H3. The van der Waals surface area contributed by atoms with Crippen molar-refractivity contribution in [2.45, 2.75) is 13.0 Å². The molecule has 0 spiro atoms. The predicted molar refractivity (Wildman–Crippen MR) is 79.8 cm³/mol. The minimum atomic E-state index is -0.468. The van der Waals surface area contributed by atoms with Gasteiger partial charge in [-0.15, -0.1) is 0 Å². The number of hydrazine groups is 1. The van der Waals surface area contributed by atoms with Crippen LogP contribution in [0.15, 0.2) is 36.4 Å². The second-order valence-electron chi connectivity index (χ2n) is 4.69. The van der Waals surface area contributed by atoms with Crippen molar-refractivity contribution in [1.29, 1.82) is 0 Å². The molecule has 5 heteroatoms. The Hall–Kier alpha value is -2.11. The Morgan fingerprint density at radius 1 is 1.10 bits per heavy atom. The van der Waals surface area contributed by atoms with Crippen LogP contribution in [0, 0.1) is 12.7 Å². The molecule has 2 aromatic carbocycles. The van der Waals surface area contributed by atoms with E-state index in [1.165, 1.54) is 7.11 Å². The molecule has 0 saturated heterocycles. The lowest BCUT2D eigenvalue weighted by Gasteiger charge is -2.19. The number of rotatable bonds is 5. The molecule has 0 radical (unpaired) electrons. The first-order chi connectivity index (χ1) is 10.1. The van der Waals surface area contributed by atoms with Gasteiger partial charge in [-0.3, -0.25) is 5.84 Å². The summed E-state index contributed by atoms with van der Waals surface area (Å²) in [7, 11) is 3.05. The lowest BCUT2D eigenvalue weighted by Crippen LogP contribution is -2.29. The van der Waals surface area contributed by atoms with Gasteiger partial charge in [0.15, 0.2) is 11.6 Å². The van der Waals surface area contributed by atoms with Crippen molar-refractivity contribution in [1.82, 2.24) is 5.43 Å². The van der Waals surface area contributed by atoms with Crippen molar-refractivity contribution in [3.63, 3.8) is 0 Å². The van der Waals surface area contributed by atoms with Crippen molar-refractivity contribution in [2.75, 3.05) is 14.2 Å². The predicted octanol–water partition coefficient (Wildman–Crippen LogP) is 2.70. The first-order valence-corrected chi connectivity index (χ1v) is 6.55. The molecule has 0 heterocycles. The summed E-state index contributed by atoms with van der Waals surface area (Å²) in [4.78, 5) is 0. The van der Waals surface area contributed by atoms with Crippen LogP contribution in [-0.4, -0.2) is 14.2 Å². The van der Waals surface area contributed by atoms with E-state index in [0.717, 1.165) is 16.9 Å². The molecule has 0 aliphatic rings. The van der Waals surface area contributed by atoms with Crippen LogP contribution in [0.1, 0.15) is 22.7 Å². The molecule has 2 aromatic rings. The number of halogens is 1. The number of methoxy groups -OCH3 is 2. The molecule has 0 saturated carbocycles. The second-order valence-corrected chi connectivity index (χ2v) is 4.69. The maximum absolute atomic E-state index is 14.4. The molecule has 3 N–H and O–H groups in total. The van der Waals surface area contributed by atoms with E-state index >= 15 is 0 Å². The summed E-state index contributed by atoms with van der Waals surface area (Å²) in [6.45, 7) is 1.93. The smallest absolute Gasteiger partial charge is 0.170 e. The zero-order valence-corrected chi connectivity index (χ0v) is 12.3. The van der Waals surface area contributed by atoms with Crippen LogP contribution in [0.4, 0.5) is 4.39 Å². The maximum Gasteiger partial charge on any atom is 0.170 e. The monoisotopic (exact) mass is 290 g/mol. The highest BCUT2D eigenvalue weighted by Gasteiger charge is 2.19.